The Bertz CT molecular complexity index is 712. The molecule has 2 N–H and O–H groups in total. The van der Waals surface area contributed by atoms with Crippen LogP contribution in [0, 0.1) is 12.3 Å². The summed E-state index contributed by atoms with van der Waals surface area (Å²) in [5, 5.41) is 6.70. The van der Waals surface area contributed by atoms with Crippen molar-refractivity contribution in [2.45, 2.75) is 11.3 Å². The predicted molar refractivity (Wildman–Crippen MR) is 67.9 cm³/mol. The average molecular weight is 245 g/mol. The molecule has 4 heteroatoms. The molecule has 0 unspecified atom stereocenters. The summed E-state index contributed by atoms with van der Waals surface area (Å²) in [7, 11) is -3.78. The zero-order valence-corrected chi connectivity index (χ0v) is 9.87. The van der Waals surface area contributed by atoms with Crippen molar-refractivity contribution in [2.24, 2.45) is 5.14 Å². The third-order valence-corrected chi connectivity index (χ3v) is 3.59. The number of hydrogen-bond donors (Lipinski definition) is 1. The molecule has 17 heavy (non-hydrogen) atoms. The number of fused-ring (bicyclic) bond motifs is 1. The Morgan fingerprint density at radius 1 is 1.18 bits per heavy atom. The van der Waals surface area contributed by atoms with Gasteiger partial charge in [-0.25, -0.2) is 13.6 Å². The molecule has 86 valence electrons. The van der Waals surface area contributed by atoms with Gasteiger partial charge < -0.3 is 0 Å². The quantitative estimate of drug-likeness (QED) is 0.818. The van der Waals surface area contributed by atoms with E-state index in [1.807, 2.05) is 18.2 Å². The van der Waals surface area contributed by atoms with Crippen LogP contribution in [0.1, 0.15) is 5.56 Å². The van der Waals surface area contributed by atoms with Gasteiger partial charge in [0, 0.05) is 11.8 Å². The fourth-order valence-corrected chi connectivity index (χ4v) is 2.87. The minimum atomic E-state index is -3.78. The molecule has 0 amide bonds. The second kappa shape index (κ2) is 4.21. The van der Waals surface area contributed by atoms with Crippen molar-refractivity contribution in [3.63, 3.8) is 0 Å². The lowest BCUT2D eigenvalue weighted by molar-refractivity contribution is 0.598. The first-order valence-electron chi connectivity index (χ1n) is 5.01. The van der Waals surface area contributed by atoms with Crippen molar-refractivity contribution in [2.75, 3.05) is 0 Å². The molecule has 0 heterocycles. The molecular weight excluding hydrogens is 234 g/mol. The SMILES string of the molecule is C#CCc1ccc2ccccc2c1S(N)(=O)=O. The summed E-state index contributed by atoms with van der Waals surface area (Å²) >= 11 is 0. The molecule has 2 aromatic rings. The molecule has 2 rings (SSSR count). The monoisotopic (exact) mass is 245 g/mol. The van der Waals surface area contributed by atoms with E-state index in [0.717, 1.165) is 5.39 Å². The van der Waals surface area contributed by atoms with E-state index >= 15 is 0 Å². The molecule has 0 atom stereocenters. The Hall–Kier alpha value is -1.83. The maximum absolute atomic E-state index is 11.7. The Morgan fingerprint density at radius 2 is 1.88 bits per heavy atom. The minimum Gasteiger partial charge on any atom is -0.225 e. The summed E-state index contributed by atoms with van der Waals surface area (Å²) in [4.78, 5) is 0.133. The maximum Gasteiger partial charge on any atom is 0.238 e. The molecule has 0 bridgehead atoms. The Labute approximate surface area is 100 Å². The molecule has 2 aromatic carbocycles. The van der Waals surface area contributed by atoms with E-state index in [4.69, 9.17) is 11.6 Å². The summed E-state index contributed by atoms with van der Waals surface area (Å²) in [5.41, 5.74) is 0.564. The van der Waals surface area contributed by atoms with Gasteiger partial charge in [-0.1, -0.05) is 36.4 Å². The standard InChI is InChI=1S/C13H11NO2S/c1-2-5-11-9-8-10-6-3-4-7-12(10)13(11)17(14,15)16/h1,3-4,6-9H,5H2,(H2,14,15,16). The first-order valence-corrected chi connectivity index (χ1v) is 6.55. The fourth-order valence-electron chi connectivity index (χ4n) is 1.87. The molecule has 0 radical (unpaired) electrons. The molecule has 0 aliphatic heterocycles. The van der Waals surface area contributed by atoms with Crippen LogP contribution >= 0.6 is 0 Å². The molecular formula is C13H11NO2S. The normalized spacial score (nSPS) is 11.3. The number of nitrogens with two attached hydrogens (primary N) is 1. The predicted octanol–water partition coefficient (Wildman–Crippen LogP) is 1.66. The summed E-state index contributed by atoms with van der Waals surface area (Å²) in [6.07, 6.45) is 5.48. The number of terminal acetylenes is 1. The van der Waals surface area contributed by atoms with E-state index in [0.29, 0.717) is 10.9 Å². The van der Waals surface area contributed by atoms with Crippen LogP contribution in [0.5, 0.6) is 0 Å². The van der Waals surface area contributed by atoms with Gasteiger partial charge in [0.15, 0.2) is 0 Å². The van der Waals surface area contributed by atoms with Crippen LogP contribution < -0.4 is 5.14 Å². The van der Waals surface area contributed by atoms with Crippen molar-refractivity contribution < 1.29 is 8.42 Å². The van der Waals surface area contributed by atoms with Crippen LogP contribution in [0.3, 0.4) is 0 Å². The highest BCUT2D eigenvalue weighted by atomic mass is 32.2. The van der Waals surface area contributed by atoms with Crippen molar-refractivity contribution in [3.8, 4) is 12.3 Å². The lowest BCUT2D eigenvalue weighted by Gasteiger charge is -2.09. The number of primary sulfonamides is 1. The van der Waals surface area contributed by atoms with Crippen LogP contribution in [0.25, 0.3) is 10.8 Å². The molecule has 0 aliphatic carbocycles. The Morgan fingerprint density at radius 3 is 2.53 bits per heavy atom. The number of rotatable bonds is 2. The minimum absolute atomic E-state index is 0.133. The number of hydrogen-bond acceptors (Lipinski definition) is 2. The van der Waals surface area contributed by atoms with E-state index in [1.54, 1.807) is 18.2 Å². The highest BCUT2D eigenvalue weighted by Gasteiger charge is 2.16. The average Bonchev–Trinajstić information content (AvgIpc) is 2.27. The maximum atomic E-state index is 11.7. The molecule has 0 aromatic heterocycles. The van der Waals surface area contributed by atoms with Crippen molar-refractivity contribution in [3.05, 3.63) is 42.0 Å². The third-order valence-electron chi connectivity index (χ3n) is 2.54. The highest BCUT2D eigenvalue weighted by molar-refractivity contribution is 7.89. The Kier molecular flexibility index (Phi) is 2.88. The van der Waals surface area contributed by atoms with Crippen LogP contribution in [-0.2, 0) is 16.4 Å². The number of benzene rings is 2. The molecule has 3 nitrogen and oxygen atoms in total. The first-order chi connectivity index (χ1) is 8.04. The second-order valence-electron chi connectivity index (χ2n) is 3.70. The van der Waals surface area contributed by atoms with Gasteiger partial charge in [0.05, 0.1) is 4.90 Å². The highest BCUT2D eigenvalue weighted by Crippen LogP contribution is 2.26. The van der Waals surface area contributed by atoms with Crippen LogP contribution in [0.15, 0.2) is 41.3 Å². The van der Waals surface area contributed by atoms with Gasteiger partial charge >= 0.3 is 0 Å². The van der Waals surface area contributed by atoms with Crippen molar-refractivity contribution in [1.82, 2.24) is 0 Å². The van der Waals surface area contributed by atoms with Gasteiger partial charge in [-0.15, -0.1) is 12.3 Å². The third kappa shape index (κ3) is 2.16. The van der Waals surface area contributed by atoms with Crippen LogP contribution in [-0.4, -0.2) is 8.42 Å². The summed E-state index contributed by atoms with van der Waals surface area (Å²) in [6.45, 7) is 0. The lowest BCUT2D eigenvalue weighted by atomic mass is 10.1. The van der Waals surface area contributed by atoms with E-state index in [2.05, 4.69) is 5.92 Å². The molecule has 0 saturated carbocycles. The fraction of sp³-hybridized carbons (Fsp3) is 0.0769. The van der Waals surface area contributed by atoms with E-state index in [1.165, 1.54) is 0 Å². The molecule has 0 spiro atoms. The van der Waals surface area contributed by atoms with Gasteiger partial charge in [0.25, 0.3) is 0 Å². The molecule has 0 saturated heterocycles. The van der Waals surface area contributed by atoms with Crippen LogP contribution in [0.4, 0.5) is 0 Å². The van der Waals surface area contributed by atoms with E-state index in [-0.39, 0.29) is 11.3 Å². The Balaban J connectivity index is 2.91. The zero-order valence-electron chi connectivity index (χ0n) is 9.05. The largest absolute Gasteiger partial charge is 0.238 e. The van der Waals surface area contributed by atoms with Crippen molar-refractivity contribution in [1.29, 1.82) is 0 Å². The van der Waals surface area contributed by atoms with Crippen LogP contribution in [0.2, 0.25) is 0 Å². The summed E-state index contributed by atoms with van der Waals surface area (Å²) in [6, 6.07) is 10.7. The van der Waals surface area contributed by atoms with E-state index < -0.39 is 10.0 Å². The smallest absolute Gasteiger partial charge is 0.225 e. The first kappa shape index (κ1) is 11.6. The van der Waals surface area contributed by atoms with Gasteiger partial charge in [-0.05, 0) is 10.9 Å². The summed E-state index contributed by atoms with van der Waals surface area (Å²) < 4.78 is 23.3. The molecule has 0 aliphatic rings. The van der Waals surface area contributed by atoms with Gasteiger partial charge in [0.1, 0.15) is 0 Å². The lowest BCUT2D eigenvalue weighted by Crippen LogP contribution is -2.15. The van der Waals surface area contributed by atoms with E-state index in [9.17, 15) is 8.42 Å². The van der Waals surface area contributed by atoms with Gasteiger partial charge in [-0.2, -0.15) is 0 Å². The van der Waals surface area contributed by atoms with Gasteiger partial charge in [0.2, 0.25) is 10.0 Å². The second-order valence-corrected chi connectivity index (χ2v) is 5.20. The van der Waals surface area contributed by atoms with Gasteiger partial charge in [-0.3, -0.25) is 0 Å². The van der Waals surface area contributed by atoms with Crippen molar-refractivity contribution >= 4 is 20.8 Å². The number of sulfonamides is 1. The topological polar surface area (TPSA) is 60.2 Å². The zero-order chi connectivity index (χ0) is 12.5. The molecule has 0 fully saturated rings. The summed E-state index contributed by atoms with van der Waals surface area (Å²) in [5.74, 6) is 2.44.